The third-order valence-corrected chi connectivity index (χ3v) is 4.23. The number of guanidine groups is 1. The highest BCUT2D eigenvalue weighted by molar-refractivity contribution is 14.0. The molecule has 0 saturated carbocycles. The van der Waals surface area contributed by atoms with Crippen molar-refractivity contribution in [3.8, 4) is 17.3 Å². The van der Waals surface area contributed by atoms with E-state index in [0.717, 1.165) is 12.2 Å². The van der Waals surface area contributed by atoms with Gasteiger partial charge >= 0.3 is 0 Å². The lowest BCUT2D eigenvalue weighted by molar-refractivity contribution is 0.191. The van der Waals surface area contributed by atoms with Gasteiger partial charge in [-0.2, -0.15) is 5.10 Å². The van der Waals surface area contributed by atoms with Crippen LogP contribution < -0.4 is 15.4 Å². The molecule has 2 heterocycles. The molecular weight excluding hydrogens is 502 g/mol. The van der Waals surface area contributed by atoms with Crippen molar-refractivity contribution in [2.24, 2.45) is 4.99 Å². The average Bonchev–Trinajstić information content (AvgIpc) is 3.42. The zero-order chi connectivity index (χ0) is 20.5. The quantitative estimate of drug-likeness (QED) is 0.224. The highest BCUT2D eigenvalue weighted by atomic mass is 127. The Labute approximate surface area is 191 Å². The Morgan fingerprint density at radius 1 is 1.27 bits per heavy atom. The van der Waals surface area contributed by atoms with Gasteiger partial charge in [0.2, 0.25) is 5.82 Å². The van der Waals surface area contributed by atoms with E-state index in [9.17, 15) is 4.39 Å². The normalized spacial score (nSPS) is 12.2. The van der Waals surface area contributed by atoms with Crippen molar-refractivity contribution in [2.75, 3.05) is 20.1 Å². The van der Waals surface area contributed by atoms with Gasteiger partial charge in [-0.3, -0.25) is 10.1 Å². The molecule has 1 aromatic carbocycles. The molecule has 162 valence electrons. The molecule has 3 N–H and O–H groups in total. The molecule has 0 aliphatic rings. The smallest absolute Gasteiger partial charge is 0.216 e. The van der Waals surface area contributed by atoms with Gasteiger partial charge in [0.05, 0.1) is 12.8 Å². The Morgan fingerprint density at radius 3 is 2.80 bits per heavy atom. The molecule has 30 heavy (non-hydrogen) atoms. The van der Waals surface area contributed by atoms with Crippen molar-refractivity contribution in [2.45, 2.75) is 25.9 Å². The lowest BCUT2D eigenvalue weighted by atomic mass is 10.2. The van der Waals surface area contributed by atoms with Crippen LogP contribution >= 0.6 is 24.0 Å². The molecule has 0 amide bonds. The van der Waals surface area contributed by atoms with Crippen molar-refractivity contribution in [3.63, 3.8) is 0 Å². The third kappa shape index (κ3) is 6.71. The first-order valence-electron chi connectivity index (χ1n) is 9.50. The van der Waals surface area contributed by atoms with Crippen LogP contribution in [0.4, 0.5) is 4.39 Å². The molecule has 8 nitrogen and oxygen atoms in total. The zero-order valence-corrected chi connectivity index (χ0v) is 19.2. The number of benzene rings is 1. The number of hydrogen-bond donors (Lipinski definition) is 3. The second-order valence-corrected chi connectivity index (χ2v) is 6.29. The van der Waals surface area contributed by atoms with Crippen molar-refractivity contribution in [1.29, 1.82) is 0 Å². The largest absolute Gasteiger partial charge is 0.486 e. The number of aromatic amines is 1. The Hall–Kier alpha value is -2.63. The number of rotatable bonds is 9. The summed E-state index contributed by atoms with van der Waals surface area (Å²) in [5, 5.41) is 13.5. The summed E-state index contributed by atoms with van der Waals surface area (Å²) in [6.45, 7) is 3.09. The summed E-state index contributed by atoms with van der Waals surface area (Å²) in [4.78, 5) is 8.60. The minimum absolute atomic E-state index is 0. The average molecular weight is 528 g/mol. The number of halogens is 2. The molecule has 0 radical (unpaired) electrons. The second kappa shape index (κ2) is 12.2. The summed E-state index contributed by atoms with van der Waals surface area (Å²) in [7, 11) is 1.69. The molecule has 0 spiro atoms. The molecule has 3 rings (SSSR count). The van der Waals surface area contributed by atoms with Crippen molar-refractivity contribution >= 4 is 29.9 Å². The highest BCUT2D eigenvalue weighted by Crippen LogP contribution is 2.18. The van der Waals surface area contributed by atoms with Crippen LogP contribution in [0, 0.1) is 5.82 Å². The van der Waals surface area contributed by atoms with Gasteiger partial charge in [-0.25, -0.2) is 9.37 Å². The molecule has 3 aromatic rings. The van der Waals surface area contributed by atoms with Crippen LogP contribution in [0.2, 0.25) is 0 Å². The minimum atomic E-state index is -0.366. The summed E-state index contributed by atoms with van der Waals surface area (Å²) in [5.74, 6) is 2.42. The van der Waals surface area contributed by atoms with Gasteiger partial charge < -0.3 is 19.8 Å². The fourth-order valence-corrected chi connectivity index (χ4v) is 2.64. The lowest BCUT2D eigenvalue weighted by Crippen LogP contribution is -2.43. The predicted molar refractivity (Wildman–Crippen MR) is 124 cm³/mol. The number of nitrogens with one attached hydrogen (secondary N) is 3. The van der Waals surface area contributed by atoms with E-state index in [1.165, 1.54) is 6.07 Å². The second-order valence-electron chi connectivity index (χ2n) is 6.29. The number of nitrogens with zero attached hydrogens (tertiary/aromatic N) is 3. The predicted octanol–water partition coefficient (Wildman–Crippen LogP) is 3.39. The molecule has 1 unspecified atom stereocenters. The highest BCUT2D eigenvalue weighted by Gasteiger charge is 2.12. The fourth-order valence-electron chi connectivity index (χ4n) is 2.64. The third-order valence-electron chi connectivity index (χ3n) is 4.23. The first-order chi connectivity index (χ1) is 14.2. The van der Waals surface area contributed by atoms with Crippen molar-refractivity contribution < 1.29 is 13.5 Å². The maximum Gasteiger partial charge on any atom is 0.216 e. The topological polar surface area (TPSA) is 100 Å². The number of aromatic nitrogens is 3. The summed E-state index contributed by atoms with van der Waals surface area (Å²) in [6, 6.07) is 10.0. The SMILES string of the molecule is CCC(CNC(=NC)NCCc1nc(-c2ccco2)n[nH]1)Oc1ccccc1F.I. The van der Waals surface area contributed by atoms with Crippen LogP contribution in [0.1, 0.15) is 19.2 Å². The van der Waals surface area contributed by atoms with Gasteiger partial charge in [-0.05, 0) is 30.7 Å². The van der Waals surface area contributed by atoms with Crippen LogP contribution in [0.15, 0.2) is 52.1 Å². The lowest BCUT2D eigenvalue weighted by Gasteiger charge is -2.20. The molecule has 1 atom stereocenters. The Bertz CT molecular complexity index is 916. The van der Waals surface area contributed by atoms with Crippen LogP contribution in [-0.4, -0.2) is 47.4 Å². The molecule has 10 heteroatoms. The van der Waals surface area contributed by atoms with Crippen LogP contribution in [0.3, 0.4) is 0 Å². The zero-order valence-electron chi connectivity index (χ0n) is 16.9. The van der Waals surface area contributed by atoms with Gasteiger partial charge in [-0.15, -0.1) is 24.0 Å². The van der Waals surface area contributed by atoms with E-state index in [4.69, 9.17) is 9.15 Å². The van der Waals surface area contributed by atoms with E-state index in [1.807, 2.05) is 13.0 Å². The summed E-state index contributed by atoms with van der Waals surface area (Å²) >= 11 is 0. The molecule has 0 aliphatic carbocycles. The number of ether oxygens (including phenoxy) is 1. The first kappa shape index (κ1) is 23.6. The van der Waals surface area contributed by atoms with E-state index in [1.54, 1.807) is 37.6 Å². The minimum Gasteiger partial charge on any atom is -0.486 e. The molecular formula is C20H26FIN6O2. The van der Waals surface area contributed by atoms with Crippen LogP contribution in [-0.2, 0) is 6.42 Å². The monoisotopic (exact) mass is 528 g/mol. The van der Waals surface area contributed by atoms with E-state index in [-0.39, 0.29) is 41.6 Å². The van der Waals surface area contributed by atoms with Gasteiger partial charge in [0.15, 0.2) is 23.3 Å². The number of H-pyrrole nitrogens is 1. The van der Waals surface area contributed by atoms with E-state index >= 15 is 0 Å². The maximum absolute atomic E-state index is 13.8. The van der Waals surface area contributed by atoms with Crippen LogP contribution in [0.5, 0.6) is 5.75 Å². The summed E-state index contributed by atoms with van der Waals surface area (Å²) in [6.07, 6.45) is 2.77. The first-order valence-corrected chi connectivity index (χ1v) is 9.50. The standard InChI is InChI=1S/C20H25FN6O2.HI/c1-3-14(29-16-8-5-4-7-15(16)21)13-24-20(22-2)23-11-10-18-25-19(27-26-18)17-9-6-12-28-17;/h4-9,12,14H,3,10-11,13H2,1-2H3,(H2,22,23,24)(H,25,26,27);1H. The van der Waals surface area contributed by atoms with Crippen LogP contribution in [0.25, 0.3) is 11.6 Å². The number of hydrogen-bond acceptors (Lipinski definition) is 5. The van der Waals surface area contributed by atoms with Gasteiger partial charge in [0.25, 0.3) is 0 Å². The van der Waals surface area contributed by atoms with E-state index < -0.39 is 0 Å². The number of para-hydroxylation sites is 1. The van der Waals surface area contributed by atoms with Gasteiger partial charge in [0.1, 0.15) is 11.9 Å². The fraction of sp³-hybridized carbons (Fsp3) is 0.350. The molecule has 0 saturated heterocycles. The van der Waals surface area contributed by atoms with Crippen molar-refractivity contribution in [1.82, 2.24) is 25.8 Å². The van der Waals surface area contributed by atoms with E-state index in [2.05, 4.69) is 30.8 Å². The van der Waals surface area contributed by atoms with E-state index in [0.29, 0.717) is 37.1 Å². The number of aliphatic imine (C=N–C) groups is 1. The van der Waals surface area contributed by atoms with Gasteiger partial charge in [0, 0.05) is 20.0 Å². The summed E-state index contributed by atoms with van der Waals surface area (Å²) < 4.78 is 24.8. The molecule has 0 fully saturated rings. The Kier molecular flexibility index (Phi) is 9.58. The maximum atomic E-state index is 13.8. The molecule has 0 aliphatic heterocycles. The number of furan rings is 1. The molecule has 2 aromatic heterocycles. The van der Waals surface area contributed by atoms with Gasteiger partial charge in [-0.1, -0.05) is 19.1 Å². The van der Waals surface area contributed by atoms with Crippen molar-refractivity contribution in [3.05, 3.63) is 54.3 Å². The molecule has 0 bridgehead atoms. The Balaban J connectivity index is 0.00000320. The summed E-state index contributed by atoms with van der Waals surface area (Å²) in [5.41, 5.74) is 0. The Morgan fingerprint density at radius 2 is 2.10 bits per heavy atom.